The molecule has 41 heavy (non-hydrogen) atoms. The molecule has 0 bridgehead atoms. The van der Waals surface area contributed by atoms with Crippen molar-refractivity contribution in [3.05, 3.63) is 78.1 Å². The minimum absolute atomic E-state index is 0.0644. The zero-order valence-corrected chi connectivity index (χ0v) is 23.3. The number of hydrogen-bond donors (Lipinski definition) is 2. The van der Waals surface area contributed by atoms with Gasteiger partial charge in [-0.05, 0) is 57.2 Å². The second-order valence-electron chi connectivity index (χ2n) is 10.2. The third kappa shape index (κ3) is 7.62. The van der Waals surface area contributed by atoms with Gasteiger partial charge in [-0.25, -0.2) is 0 Å². The van der Waals surface area contributed by atoms with Crippen LogP contribution in [0.4, 0.5) is 5.69 Å². The van der Waals surface area contributed by atoms with Gasteiger partial charge in [-0.15, -0.1) is 0 Å². The molecule has 0 fully saturated rings. The van der Waals surface area contributed by atoms with Gasteiger partial charge in [-0.2, -0.15) is 0 Å². The molecule has 1 aliphatic heterocycles. The van der Waals surface area contributed by atoms with E-state index >= 15 is 0 Å². The maximum atomic E-state index is 13.3. The van der Waals surface area contributed by atoms with Crippen molar-refractivity contribution in [3.63, 3.8) is 0 Å². The average molecular weight is 557 g/mol. The lowest BCUT2D eigenvalue weighted by Crippen LogP contribution is -2.49. The number of esters is 1. The number of rotatable bonds is 7. The third-order valence-corrected chi connectivity index (χ3v) is 6.10. The van der Waals surface area contributed by atoms with E-state index in [1.807, 2.05) is 32.0 Å². The van der Waals surface area contributed by atoms with Crippen molar-refractivity contribution in [2.75, 3.05) is 25.2 Å². The number of hydrogen-bond acceptors (Lipinski definition) is 8. The number of benzene rings is 2. The fourth-order valence-electron chi connectivity index (χ4n) is 3.80. The molecule has 0 spiro atoms. The summed E-state index contributed by atoms with van der Waals surface area (Å²) in [6.07, 6.45) is 1.47. The average Bonchev–Trinajstić information content (AvgIpc) is 3.07. The van der Waals surface area contributed by atoms with Crippen molar-refractivity contribution >= 4 is 23.5 Å². The number of ether oxygens (including phenoxy) is 3. The van der Waals surface area contributed by atoms with E-state index in [-0.39, 0.29) is 24.8 Å². The van der Waals surface area contributed by atoms with E-state index in [1.54, 1.807) is 50.4 Å². The fourth-order valence-corrected chi connectivity index (χ4v) is 3.80. The summed E-state index contributed by atoms with van der Waals surface area (Å²) in [4.78, 5) is 43.6. The van der Waals surface area contributed by atoms with Crippen LogP contribution in [-0.4, -0.2) is 55.1 Å². The molecule has 0 saturated carbocycles. The molecule has 0 radical (unpaired) electrons. The summed E-state index contributed by atoms with van der Waals surface area (Å²) < 4.78 is 16.9. The van der Waals surface area contributed by atoms with Crippen LogP contribution in [0, 0.1) is 17.3 Å². The molecule has 0 saturated heterocycles. The highest BCUT2D eigenvalue weighted by atomic mass is 16.5. The Balaban J connectivity index is 1.44. The molecule has 3 N–H and O–H groups in total. The highest BCUT2D eigenvalue weighted by Crippen LogP contribution is 2.32. The molecule has 2 atom stereocenters. The molecular formula is C31H32N4O6. The van der Waals surface area contributed by atoms with E-state index in [0.29, 0.717) is 28.5 Å². The largest absolute Gasteiger partial charge is 0.489 e. The first-order valence-corrected chi connectivity index (χ1v) is 13.0. The van der Waals surface area contributed by atoms with E-state index in [2.05, 4.69) is 22.1 Å². The van der Waals surface area contributed by atoms with Crippen LogP contribution in [0.1, 0.15) is 36.8 Å². The Morgan fingerprint density at radius 1 is 1.17 bits per heavy atom. The Hall–Kier alpha value is -4.88. The van der Waals surface area contributed by atoms with Crippen LogP contribution in [-0.2, 0) is 14.3 Å². The first-order valence-electron chi connectivity index (χ1n) is 13.0. The Morgan fingerprint density at radius 3 is 2.66 bits per heavy atom. The van der Waals surface area contributed by atoms with Crippen molar-refractivity contribution in [3.8, 4) is 29.1 Å². The number of para-hydroxylation sites is 1. The number of pyridine rings is 1. The maximum absolute atomic E-state index is 13.3. The van der Waals surface area contributed by atoms with Crippen molar-refractivity contribution in [1.29, 1.82) is 0 Å². The quantitative estimate of drug-likeness (QED) is 0.335. The minimum Gasteiger partial charge on any atom is -0.489 e. The Bertz CT molecular complexity index is 1490. The highest BCUT2D eigenvalue weighted by Gasteiger charge is 2.31. The molecule has 2 amide bonds. The number of likely N-dealkylation sites (N-methyl/N-ethyl adjacent to an activating group) is 1. The molecule has 10 heteroatoms. The van der Waals surface area contributed by atoms with Gasteiger partial charge in [-0.3, -0.25) is 19.4 Å². The number of nitrogens with one attached hydrogen (secondary N) is 1. The summed E-state index contributed by atoms with van der Waals surface area (Å²) in [5.74, 6) is 6.32. The summed E-state index contributed by atoms with van der Waals surface area (Å²) in [6, 6.07) is 15.9. The zero-order chi connectivity index (χ0) is 29.6. The van der Waals surface area contributed by atoms with E-state index < -0.39 is 29.4 Å². The van der Waals surface area contributed by atoms with Gasteiger partial charge in [0.2, 0.25) is 0 Å². The molecule has 3 aromatic rings. The summed E-state index contributed by atoms with van der Waals surface area (Å²) in [6.45, 7) is 5.28. The fraction of sp³-hybridized carbons (Fsp3) is 0.290. The van der Waals surface area contributed by atoms with Gasteiger partial charge in [0, 0.05) is 24.9 Å². The Labute approximate surface area is 238 Å². The molecule has 10 nitrogen and oxygen atoms in total. The normalized spacial score (nSPS) is 15.3. The number of nitrogens with zero attached hydrogens (tertiary/aromatic N) is 2. The van der Waals surface area contributed by atoms with Gasteiger partial charge in [0.1, 0.15) is 48.2 Å². The number of nitrogens with two attached hydrogens (primary N) is 1. The molecule has 212 valence electrons. The zero-order valence-electron chi connectivity index (χ0n) is 23.3. The van der Waals surface area contributed by atoms with E-state index in [4.69, 9.17) is 19.9 Å². The van der Waals surface area contributed by atoms with Crippen LogP contribution in [0.5, 0.6) is 17.2 Å². The van der Waals surface area contributed by atoms with Crippen LogP contribution < -0.4 is 25.4 Å². The second kappa shape index (κ2) is 12.5. The summed E-state index contributed by atoms with van der Waals surface area (Å²) in [5.41, 5.74) is 6.17. The monoisotopic (exact) mass is 556 g/mol. The maximum Gasteiger partial charge on any atom is 0.322 e. The number of anilines is 1. The predicted octanol–water partition coefficient (Wildman–Crippen LogP) is 3.30. The van der Waals surface area contributed by atoms with Crippen LogP contribution in [0.15, 0.2) is 66.9 Å². The molecule has 2 heterocycles. The number of fused-ring (bicyclic) bond motifs is 1. The first kappa shape index (κ1) is 29.1. The summed E-state index contributed by atoms with van der Waals surface area (Å²) in [5, 5.41) is 2.72. The summed E-state index contributed by atoms with van der Waals surface area (Å²) >= 11 is 0. The van der Waals surface area contributed by atoms with E-state index in [9.17, 15) is 14.4 Å². The smallest absolute Gasteiger partial charge is 0.322 e. The molecule has 1 aliphatic rings. The van der Waals surface area contributed by atoms with Gasteiger partial charge >= 0.3 is 5.97 Å². The first-order chi connectivity index (χ1) is 19.5. The molecule has 2 aromatic carbocycles. The topological polar surface area (TPSA) is 133 Å². The number of carbonyl (C=O) groups is 3. The van der Waals surface area contributed by atoms with E-state index in [0.717, 1.165) is 0 Å². The SMILES string of the molecule is C[C@H](N)C(=O)OCC(C)(C)C#Cc1ccc2c(c1)N(C)C(=O)C(NC(=O)c1cc(Oc3ccccc3)ccn1)CO2. The lowest BCUT2D eigenvalue weighted by molar-refractivity contribution is -0.146. The van der Waals surface area contributed by atoms with Crippen LogP contribution in [0.2, 0.25) is 0 Å². The molecular weight excluding hydrogens is 524 g/mol. The van der Waals surface area contributed by atoms with E-state index in [1.165, 1.54) is 17.2 Å². The molecule has 4 rings (SSSR count). The molecule has 1 unspecified atom stereocenters. The second-order valence-corrected chi connectivity index (χ2v) is 10.2. The lowest BCUT2D eigenvalue weighted by Gasteiger charge is -2.20. The van der Waals surface area contributed by atoms with Crippen molar-refractivity contribution < 1.29 is 28.6 Å². The van der Waals surface area contributed by atoms with Crippen LogP contribution >= 0.6 is 0 Å². The Morgan fingerprint density at radius 2 is 1.93 bits per heavy atom. The number of amides is 2. The number of carbonyl (C=O) groups excluding carboxylic acids is 3. The standard InChI is InChI=1S/C31H32N4O6/c1-20(32)30(38)40-19-31(2,3)14-12-21-10-11-27-26(16-21)35(4)29(37)25(18-39-27)34-28(36)24-17-23(13-15-33-24)41-22-8-6-5-7-9-22/h5-11,13,15-17,20,25H,18-19,32H2,1-4H3,(H,34,36)/t20-,25?/m0/s1. The highest BCUT2D eigenvalue weighted by molar-refractivity contribution is 6.03. The predicted molar refractivity (Wildman–Crippen MR) is 153 cm³/mol. The van der Waals surface area contributed by atoms with Crippen molar-refractivity contribution in [2.45, 2.75) is 32.9 Å². The van der Waals surface area contributed by atoms with Gasteiger partial charge in [0.15, 0.2) is 0 Å². The van der Waals surface area contributed by atoms with Crippen molar-refractivity contribution in [2.24, 2.45) is 11.1 Å². The van der Waals surface area contributed by atoms with Crippen LogP contribution in [0.3, 0.4) is 0 Å². The van der Waals surface area contributed by atoms with Gasteiger partial charge < -0.3 is 30.2 Å². The Kier molecular flexibility index (Phi) is 8.90. The third-order valence-electron chi connectivity index (χ3n) is 6.10. The summed E-state index contributed by atoms with van der Waals surface area (Å²) in [7, 11) is 1.61. The number of aromatic nitrogens is 1. The van der Waals surface area contributed by atoms with Gasteiger partial charge in [0.05, 0.1) is 11.1 Å². The van der Waals surface area contributed by atoms with Gasteiger partial charge in [0.25, 0.3) is 11.8 Å². The van der Waals surface area contributed by atoms with Crippen LogP contribution in [0.25, 0.3) is 0 Å². The minimum atomic E-state index is -0.950. The molecule has 0 aliphatic carbocycles. The van der Waals surface area contributed by atoms with Crippen molar-refractivity contribution in [1.82, 2.24) is 10.3 Å². The van der Waals surface area contributed by atoms with Gasteiger partial charge in [-0.1, -0.05) is 30.0 Å². The molecule has 1 aromatic heterocycles. The lowest BCUT2D eigenvalue weighted by atomic mass is 9.95.